The highest BCUT2D eigenvalue weighted by Crippen LogP contribution is 2.33. The van der Waals surface area contributed by atoms with E-state index in [0.717, 1.165) is 59.2 Å². The van der Waals surface area contributed by atoms with Gasteiger partial charge in [0.25, 0.3) is 0 Å². The van der Waals surface area contributed by atoms with Crippen LogP contribution in [-0.2, 0) is 11.2 Å². The molecule has 3 heterocycles. The minimum atomic E-state index is 0.145. The molecule has 1 aliphatic heterocycles. The Hall–Kier alpha value is -3.19. The molecule has 1 amide bonds. The molecule has 4 aromatic rings. The van der Waals surface area contributed by atoms with Crippen LogP contribution in [0.4, 0.5) is 5.13 Å². The maximum absolute atomic E-state index is 12.4. The van der Waals surface area contributed by atoms with Crippen LogP contribution in [0, 0.1) is 13.8 Å². The largest absolute Gasteiger partial charge is 0.353 e. The molecule has 0 atom stereocenters. The van der Waals surface area contributed by atoms with Gasteiger partial charge in [-0.1, -0.05) is 53.8 Å². The van der Waals surface area contributed by atoms with Crippen molar-refractivity contribution in [3.05, 3.63) is 71.4 Å². The lowest BCUT2D eigenvalue weighted by atomic mass is 10.0. The fraction of sp³-hybridized carbons (Fsp3) is 0.346. The molecule has 1 aliphatic rings. The summed E-state index contributed by atoms with van der Waals surface area (Å²) in [7, 11) is 0. The smallest absolute Gasteiger partial charge is 0.220 e. The Morgan fingerprint density at radius 1 is 1.09 bits per heavy atom. The molecule has 0 spiro atoms. The number of amides is 1. The van der Waals surface area contributed by atoms with E-state index in [1.54, 1.807) is 11.3 Å². The summed E-state index contributed by atoms with van der Waals surface area (Å²) >= 11 is 1.72. The van der Waals surface area contributed by atoms with Gasteiger partial charge in [-0.2, -0.15) is 10.1 Å². The topological polar surface area (TPSA) is 63.1 Å². The first-order chi connectivity index (χ1) is 16.1. The quantitative estimate of drug-likeness (QED) is 0.449. The number of rotatable bonds is 6. The molecular weight excluding hydrogens is 430 g/mol. The molecule has 1 fully saturated rings. The fourth-order valence-corrected chi connectivity index (χ4v) is 5.45. The number of carbonyl (C=O) groups excluding carboxylic acids is 1. The first-order valence-electron chi connectivity index (χ1n) is 11.6. The van der Waals surface area contributed by atoms with Gasteiger partial charge in [-0.25, -0.2) is 4.68 Å². The zero-order chi connectivity index (χ0) is 22.8. The van der Waals surface area contributed by atoms with Crippen molar-refractivity contribution in [2.24, 2.45) is 0 Å². The summed E-state index contributed by atoms with van der Waals surface area (Å²) < 4.78 is 3.10. The molecule has 33 heavy (non-hydrogen) atoms. The van der Waals surface area contributed by atoms with Crippen molar-refractivity contribution >= 4 is 32.7 Å². The second kappa shape index (κ2) is 9.35. The molecule has 6 nitrogen and oxygen atoms in total. The number of aromatic nitrogens is 3. The van der Waals surface area contributed by atoms with Crippen LogP contribution in [0.2, 0.25) is 0 Å². The summed E-state index contributed by atoms with van der Waals surface area (Å²) in [6, 6.07) is 18.8. The first-order valence-corrected chi connectivity index (χ1v) is 12.4. The number of aryl methyl sites for hydroxylation is 3. The van der Waals surface area contributed by atoms with Crippen LogP contribution in [0.5, 0.6) is 0 Å². The van der Waals surface area contributed by atoms with Crippen LogP contribution < -0.4 is 10.2 Å². The average Bonchev–Trinajstić information content (AvgIpc) is 3.39. The molecule has 0 unspecified atom stereocenters. The van der Waals surface area contributed by atoms with Gasteiger partial charge in [-0.05, 0) is 56.4 Å². The highest BCUT2D eigenvalue weighted by molar-refractivity contribution is 7.22. The minimum Gasteiger partial charge on any atom is -0.353 e. The third-order valence-corrected chi connectivity index (χ3v) is 7.45. The zero-order valence-corrected chi connectivity index (χ0v) is 19.9. The van der Waals surface area contributed by atoms with E-state index in [-0.39, 0.29) is 11.9 Å². The molecule has 0 bridgehead atoms. The minimum absolute atomic E-state index is 0.145. The van der Waals surface area contributed by atoms with Crippen molar-refractivity contribution in [1.82, 2.24) is 20.1 Å². The third kappa shape index (κ3) is 4.78. The van der Waals surface area contributed by atoms with Gasteiger partial charge in [0.05, 0.1) is 16.1 Å². The predicted octanol–water partition coefficient (Wildman–Crippen LogP) is 4.82. The maximum atomic E-state index is 12.4. The number of nitrogens with one attached hydrogen (secondary N) is 1. The van der Waals surface area contributed by atoms with Crippen LogP contribution in [0.15, 0.2) is 54.6 Å². The van der Waals surface area contributed by atoms with E-state index in [4.69, 9.17) is 10.1 Å². The lowest BCUT2D eigenvalue weighted by Crippen LogP contribution is -2.44. The van der Waals surface area contributed by atoms with Crippen molar-refractivity contribution in [3.8, 4) is 5.69 Å². The van der Waals surface area contributed by atoms with Crippen molar-refractivity contribution in [3.63, 3.8) is 0 Å². The van der Waals surface area contributed by atoms with Crippen LogP contribution in [-0.4, -0.2) is 39.8 Å². The zero-order valence-electron chi connectivity index (χ0n) is 19.1. The van der Waals surface area contributed by atoms with Crippen molar-refractivity contribution < 1.29 is 4.79 Å². The second-order valence-electron chi connectivity index (χ2n) is 8.80. The molecule has 1 saturated heterocycles. The molecular formula is C26H29N5OS. The van der Waals surface area contributed by atoms with E-state index in [2.05, 4.69) is 53.5 Å². The van der Waals surface area contributed by atoms with Crippen molar-refractivity contribution in [1.29, 1.82) is 0 Å². The molecule has 0 radical (unpaired) electrons. The van der Waals surface area contributed by atoms with E-state index in [1.807, 2.05) is 29.8 Å². The fourth-order valence-electron chi connectivity index (χ4n) is 4.42. The van der Waals surface area contributed by atoms with Gasteiger partial charge in [0.15, 0.2) is 10.8 Å². The van der Waals surface area contributed by atoms with Crippen LogP contribution in [0.25, 0.3) is 16.0 Å². The Bertz CT molecular complexity index is 1250. The van der Waals surface area contributed by atoms with Gasteiger partial charge in [0, 0.05) is 25.6 Å². The Labute approximate surface area is 198 Å². The number of nitrogens with zero attached hydrogens (tertiary/aromatic N) is 4. The van der Waals surface area contributed by atoms with Gasteiger partial charge in [-0.3, -0.25) is 4.79 Å². The van der Waals surface area contributed by atoms with E-state index < -0.39 is 0 Å². The molecule has 1 N–H and O–H groups in total. The molecule has 5 rings (SSSR count). The van der Waals surface area contributed by atoms with E-state index in [1.165, 1.54) is 11.1 Å². The van der Waals surface area contributed by atoms with Gasteiger partial charge >= 0.3 is 0 Å². The lowest BCUT2D eigenvalue weighted by molar-refractivity contribution is -0.121. The van der Waals surface area contributed by atoms with Crippen LogP contribution in [0.3, 0.4) is 0 Å². The summed E-state index contributed by atoms with van der Waals surface area (Å²) in [5.74, 6) is 0.145. The summed E-state index contributed by atoms with van der Waals surface area (Å²) in [5, 5.41) is 9.00. The number of benzene rings is 2. The highest BCUT2D eigenvalue weighted by atomic mass is 32.1. The Balaban J connectivity index is 1.21. The highest BCUT2D eigenvalue weighted by Gasteiger charge is 2.24. The summed E-state index contributed by atoms with van der Waals surface area (Å²) in [4.78, 5) is 19.7. The number of fused-ring (bicyclic) bond motifs is 1. The first kappa shape index (κ1) is 21.6. The molecule has 7 heteroatoms. The number of hydrogen-bond donors (Lipinski definition) is 1. The summed E-state index contributed by atoms with van der Waals surface area (Å²) in [6.45, 7) is 5.94. The number of carbonyl (C=O) groups is 1. The van der Waals surface area contributed by atoms with Gasteiger partial charge < -0.3 is 10.2 Å². The monoisotopic (exact) mass is 459 g/mol. The molecule has 170 valence electrons. The lowest BCUT2D eigenvalue weighted by Gasteiger charge is -2.32. The number of piperidine rings is 1. The molecule has 0 saturated carbocycles. The van der Waals surface area contributed by atoms with Crippen molar-refractivity contribution in [2.45, 2.75) is 45.6 Å². The van der Waals surface area contributed by atoms with Gasteiger partial charge in [0.2, 0.25) is 5.91 Å². The average molecular weight is 460 g/mol. The predicted molar refractivity (Wildman–Crippen MR) is 134 cm³/mol. The number of thiazole rings is 1. The van der Waals surface area contributed by atoms with E-state index in [0.29, 0.717) is 6.42 Å². The normalized spacial score (nSPS) is 14.7. The maximum Gasteiger partial charge on any atom is 0.220 e. The van der Waals surface area contributed by atoms with Crippen molar-refractivity contribution in [2.75, 3.05) is 18.0 Å². The molecule has 2 aromatic carbocycles. The third-order valence-electron chi connectivity index (χ3n) is 6.24. The van der Waals surface area contributed by atoms with Gasteiger partial charge in [-0.15, -0.1) is 0 Å². The van der Waals surface area contributed by atoms with Gasteiger partial charge in [0.1, 0.15) is 0 Å². The molecule has 2 aromatic heterocycles. The Morgan fingerprint density at radius 3 is 2.64 bits per heavy atom. The Kier molecular flexibility index (Phi) is 6.13. The van der Waals surface area contributed by atoms with E-state index >= 15 is 0 Å². The number of hydrogen-bond acceptors (Lipinski definition) is 5. The van der Waals surface area contributed by atoms with Crippen LogP contribution >= 0.6 is 11.3 Å². The summed E-state index contributed by atoms with van der Waals surface area (Å²) in [5.41, 5.74) is 5.39. The SMILES string of the molecule is Cc1cccc(-n2nc(C)c3sc(N4CCC(NC(=O)CCc5ccccc5)CC4)nc32)c1. The Morgan fingerprint density at radius 2 is 1.88 bits per heavy atom. The van der Waals surface area contributed by atoms with E-state index in [9.17, 15) is 4.79 Å². The standard InChI is InChI=1S/C26H29N5OS/c1-18-7-6-10-22(17-18)31-25-24(19(2)29-31)33-26(28-25)30-15-13-21(14-16-30)27-23(32)12-11-20-8-4-3-5-9-20/h3-10,17,21H,11-16H2,1-2H3,(H,27,32). The number of anilines is 1. The van der Waals surface area contributed by atoms with Crippen LogP contribution in [0.1, 0.15) is 36.1 Å². The summed E-state index contributed by atoms with van der Waals surface area (Å²) in [6.07, 6.45) is 3.21. The molecule has 0 aliphatic carbocycles. The second-order valence-corrected chi connectivity index (χ2v) is 9.78.